The molecule has 0 aromatic carbocycles. The normalized spacial score (nSPS) is 12.9. The second-order valence-corrected chi connectivity index (χ2v) is 19.0. The van der Waals surface area contributed by atoms with E-state index >= 15 is 0 Å². The van der Waals surface area contributed by atoms with Crippen LogP contribution in [-0.2, 0) is 19.1 Å². The molecular weight excluding hydrogens is 837 g/mol. The van der Waals surface area contributed by atoms with Gasteiger partial charge in [0.05, 0.1) is 6.61 Å². The van der Waals surface area contributed by atoms with Crippen molar-refractivity contribution in [1.29, 1.82) is 0 Å². The number of hydrogen-bond donors (Lipinski definition) is 1. The zero-order valence-electron chi connectivity index (χ0n) is 44.6. The van der Waals surface area contributed by atoms with E-state index in [1.165, 1.54) is 154 Å². The first-order chi connectivity index (χ1) is 33.6. The third-order valence-corrected chi connectivity index (χ3v) is 12.4. The van der Waals surface area contributed by atoms with Crippen LogP contribution in [0.4, 0.5) is 0 Å². The molecule has 0 aliphatic carbocycles. The lowest BCUT2D eigenvalue weighted by Gasteiger charge is -2.15. The van der Waals surface area contributed by atoms with Gasteiger partial charge in [0.2, 0.25) is 0 Å². The van der Waals surface area contributed by atoms with Crippen molar-refractivity contribution in [1.82, 2.24) is 0 Å². The first kappa shape index (κ1) is 64.8. The van der Waals surface area contributed by atoms with E-state index in [0.717, 1.165) is 89.9 Å². The van der Waals surface area contributed by atoms with E-state index < -0.39 is 6.10 Å². The van der Waals surface area contributed by atoms with Crippen molar-refractivity contribution in [2.45, 2.75) is 277 Å². The minimum atomic E-state index is -0.778. The molecular formula is C63H108O5. The lowest BCUT2D eigenvalue weighted by atomic mass is 10.0. The van der Waals surface area contributed by atoms with Crippen molar-refractivity contribution < 1.29 is 24.2 Å². The summed E-state index contributed by atoms with van der Waals surface area (Å²) in [6.07, 6.45) is 82.4. The molecule has 0 spiro atoms. The van der Waals surface area contributed by atoms with Gasteiger partial charge in [-0.2, -0.15) is 0 Å². The highest BCUT2D eigenvalue weighted by atomic mass is 16.6. The van der Waals surface area contributed by atoms with Crippen LogP contribution in [0.25, 0.3) is 0 Å². The molecule has 0 aromatic heterocycles. The number of hydrogen-bond acceptors (Lipinski definition) is 5. The van der Waals surface area contributed by atoms with Crippen LogP contribution in [0.5, 0.6) is 0 Å². The van der Waals surface area contributed by atoms with Crippen molar-refractivity contribution in [2.24, 2.45) is 0 Å². The fourth-order valence-corrected chi connectivity index (χ4v) is 8.06. The van der Waals surface area contributed by atoms with Crippen molar-refractivity contribution in [2.75, 3.05) is 13.2 Å². The number of aliphatic hydroxyl groups excluding tert-OH is 1. The lowest BCUT2D eigenvalue weighted by Crippen LogP contribution is -2.28. The zero-order chi connectivity index (χ0) is 49.2. The molecule has 5 nitrogen and oxygen atoms in total. The van der Waals surface area contributed by atoms with E-state index in [2.05, 4.69) is 111 Å². The summed E-state index contributed by atoms with van der Waals surface area (Å²) in [7, 11) is 0. The van der Waals surface area contributed by atoms with Crippen molar-refractivity contribution in [3.05, 3.63) is 97.2 Å². The summed E-state index contributed by atoms with van der Waals surface area (Å²) < 4.78 is 10.7. The summed E-state index contributed by atoms with van der Waals surface area (Å²) in [4.78, 5) is 24.5. The Labute approximate surface area is 421 Å². The highest BCUT2D eigenvalue weighted by molar-refractivity contribution is 5.70. The van der Waals surface area contributed by atoms with E-state index in [9.17, 15) is 14.7 Å². The molecule has 0 aliphatic rings. The van der Waals surface area contributed by atoms with Crippen LogP contribution in [-0.4, -0.2) is 36.4 Å². The maximum absolute atomic E-state index is 12.3. The smallest absolute Gasteiger partial charge is 0.306 e. The fraction of sp³-hybridized carbons (Fsp3) is 0.714. The molecule has 68 heavy (non-hydrogen) atoms. The summed E-state index contributed by atoms with van der Waals surface area (Å²) in [6.45, 7) is 4.01. The van der Waals surface area contributed by atoms with Gasteiger partial charge in [0.15, 0.2) is 6.10 Å². The molecule has 1 N–H and O–H groups in total. The fourth-order valence-electron chi connectivity index (χ4n) is 8.06. The Morgan fingerprint density at radius 1 is 0.353 bits per heavy atom. The maximum atomic E-state index is 12.3. The molecule has 0 amide bonds. The molecule has 1 unspecified atom stereocenters. The van der Waals surface area contributed by atoms with Crippen LogP contribution in [0, 0.1) is 0 Å². The Morgan fingerprint density at radius 3 is 0.956 bits per heavy atom. The highest BCUT2D eigenvalue weighted by Gasteiger charge is 2.16. The number of aliphatic hydroxyl groups is 1. The molecule has 5 heteroatoms. The number of ether oxygens (including phenoxy) is 2. The molecule has 0 rings (SSSR count). The van der Waals surface area contributed by atoms with Gasteiger partial charge in [-0.25, -0.2) is 0 Å². The summed E-state index contributed by atoms with van der Waals surface area (Å²) >= 11 is 0. The van der Waals surface area contributed by atoms with Gasteiger partial charge in [-0.05, 0) is 96.3 Å². The predicted molar refractivity (Wildman–Crippen MR) is 297 cm³/mol. The van der Waals surface area contributed by atoms with Crippen LogP contribution in [0.15, 0.2) is 97.2 Å². The standard InChI is InChI=1S/C63H108O5/c1-3-5-7-9-11-13-15-17-19-21-22-23-24-25-26-27-28-29-30-31-32-33-34-35-36-37-38-39-40-42-44-46-48-50-52-54-56-58-63(66)68-61(59-64)60-67-62(65)57-55-53-51-49-47-45-43-41-20-18-16-14-12-10-8-6-4-2/h5,7,11-14,17-20,22-23,25-26,28-29,61,64H,3-4,6,8-10,15-16,21,24,27,30-60H2,1-2H3/b7-5-,13-11-,14-12-,19-17-,20-18-,23-22-,26-25-,29-28-. The van der Waals surface area contributed by atoms with Gasteiger partial charge in [-0.3, -0.25) is 9.59 Å². The summed E-state index contributed by atoms with van der Waals surface area (Å²) in [5.74, 6) is -0.594. The first-order valence-electron chi connectivity index (χ1n) is 28.8. The number of carbonyl (C=O) groups is 2. The van der Waals surface area contributed by atoms with E-state index in [-0.39, 0.29) is 25.2 Å². The molecule has 0 saturated carbocycles. The molecule has 0 saturated heterocycles. The minimum absolute atomic E-state index is 0.0709. The second-order valence-electron chi connectivity index (χ2n) is 19.0. The van der Waals surface area contributed by atoms with Gasteiger partial charge in [0, 0.05) is 12.8 Å². The van der Waals surface area contributed by atoms with Gasteiger partial charge in [0.1, 0.15) is 6.61 Å². The number of unbranched alkanes of at least 4 members (excludes halogenated alkanes) is 28. The Bertz CT molecular complexity index is 1300. The van der Waals surface area contributed by atoms with Gasteiger partial charge in [-0.15, -0.1) is 0 Å². The van der Waals surface area contributed by atoms with Gasteiger partial charge >= 0.3 is 11.9 Å². The van der Waals surface area contributed by atoms with Gasteiger partial charge in [0.25, 0.3) is 0 Å². The Balaban J connectivity index is 3.47. The molecule has 0 heterocycles. The summed E-state index contributed by atoms with van der Waals surface area (Å²) in [5.41, 5.74) is 0. The monoisotopic (exact) mass is 945 g/mol. The molecule has 0 aromatic rings. The Hall–Kier alpha value is -3.18. The molecule has 0 bridgehead atoms. The van der Waals surface area contributed by atoms with Crippen molar-refractivity contribution >= 4 is 11.9 Å². The number of allylic oxidation sites excluding steroid dienone is 16. The van der Waals surface area contributed by atoms with Crippen LogP contribution >= 0.6 is 0 Å². The number of esters is 2. The molecule has 0 fully saturated rings. The van der Waals surface area contributed by atoms with Gasteiger partial charge in [-0.1, -0.05) is 259 Å². The lowest BCUT2D eigenvalue weighted by molar-refractivity contribution is -0.161. The van der Waals surface area contributed by atoms with Crippen LogP contribution in [0.2, 0.25) is 0 Å². The van der Waals surface area contributed by atoms with Crippen molar-refractivity contribution in [3.8, 4) is 0 Å². The SMILES string of the molecule is CC/C=C\C/C=C\C/C=C\C/C=C\C/C=C\C/C=C\CCCCCCCCCCCCCCCCCCCCC(=O)OC(CO)COC(=O)CCCCCCCCC/C=C\C/C=C\CCCCC. The third-order valence-electron chi connectivity index (χ3n) is 12.4. The Kier molecular flexibility index (Phi) is 55.4. The quantitative estimate of drug-likeness (QED) is 0.0374. The van der Waals surface area contributed by atoms with Crippen LogP contribution in [0.3, 0.4) is 0 Å². The average Bonchev–Trinajstić information content (AvgIpc) is 3.34. The van der Waals surface area contributed by atoms with E-state index in [1.54, 1.807) is 0 Å². The van der Waals surface area contributed by atoms with Crippen LogP contribution in [0.1, 0.15) is 271 Å². The molecule has 0 aliphatic heterocycles. The van der Waals surface area contributed by atoms with Crippen molar-refractivity contribution in [3.63, 3.8) is 0 Å². The minimum Gasteiger partial charge on any atom is -0.462 e. The topological polar surface area (TPSA) is 72.8 Å². The Morgan fingerprint density at radius 2 is 0.632 bits per heavy atom. The van der Waals surface area contributed by atoms with E-state index in [1.807, 2.05) is 0 Å². The highest BCUT2D eigenvalue weighted by Crippen LogP contribution is 2.16. The van der Waals surface area contributed by atoms with Crippen LogP contribution < -0.4 is 0 Å². The van der Waals surface area contributed by atoms with Gasteiger partial charge < -0.3 is 14.6 Å². The maximum Gasteiger partial charge on any atom is 0.306 e. The molecule has 0 radical (unpaired) electrons. The summed E-state index contributed by atoms with van der Waals surface area (Å²) in [5, 5.41) is 9.64. The number of rotatable bonds is 52. The van der Waals surface area contributed by atoms with E-state index in [4.69, 9.17) is 9.47 Å². The average molecular weight is 946 g/mol. The zero-order valence-corrected chi connectivity index (χ0v) is 44.6. The molecule has 1 atom stereocenters. The summed E-state index contributed by atoms with van der Waals surface area (Å²) in [6, 6.07) is 0. The van der Waals surface area contributed by atoms with E-state index in [0.29, 0.717) is 12.8 Å². The largest absolute Gasteiger partial charge is 0.462 e. The third kappa shape index (κ3) is 55.4. The predicted octanol–water partition coefficient (Wildman–Crippen LogP) is 19.5. The number of carbonyl (C=O) groups excluding carboxylic acids is 2. The first-order valence-corrected chi connectivity index (χ1v) is 28.8. The molecule has 390 valence electrons. The second kappa shape index (κ2) is 58.1.